The van der Waals surface area contributed by atoms with Crippen LogP contribution >= 0.6 is 0 Å². The van der Waals surface area contributed by atoms with Crippen LogP contribution in [-0.2, 0) is 0 Å². The minimum absolute atomic E-state index is 0.133. The van der Waals surface area contributed by atoms with Gasteiger partial charge in [-0.2, -0.15) is 0 Å². The number of halogens is 1. The molecule has 1 aromatic carbocycles. The Hall–Kier alpha value is -0.890. The highest BCUT2D eigenvalue weighted by molar-refractivity contribution is 5.22. The highest BCUT2D eigenvalue weighted by Crippen LogP contribution is 2.39. The molecule has 0 radical (unpaired) electrons. The third-order valence-electron chi connectivity index (χ3n) is 3.84. The molecule has 0 heterocycles. The van der Waals surface area contributed by atoms with E-state index in [1.54, 1.807) is 12.1 Å². The second kappa shape index (κ2) is 4.96. The minimum atomic E-state index is -0.133. The van der Waals surface area contributed by atoms with Gasteiger partial charge in [-0.3, -0.25) is 0 Å². The molecule has 3 unspecified atom stereocenters. The maximum atomic E-state index is 13.2. The molecule has 2 heteroatoms. The fourth-order valence-corrected chi connectivity index (χ4v) is 2.87. The molecule has 1 aliphatic rings. The number of benzene rings is 1. The molecule has 3 atom stereocenters. The van der Waals surface area contributed by atoms with Crippen LogP contribution in [-0.4, -0.2) is 6.54 Å². The van der Waals surface area contributed by atoms with Gasteiger partial charge in [-0.05, 0) is 54.8 Å². The van der Waals surface area contributed by atoms with Crippen molar-refractivity contribution in [3.63, 3.8) is 0 Å². The summed E-state index contributed by atoms with van der Waals surface area (Å²) in [4.78, 5) is 0. The van der Waals surface area contributed by atoms with Crippen LogP contribution in [0.1, 0.15) is 37.7 Å². The lowest BCUT2D eigenvalue weighted by Gasteiger charge is -2.34. The van der Waals surface area contributed by atoms with Gasteiger partial charge in [0.05, 0.1) is 0 Å². The van der Waals surface area contributed by atoms with Crippen LogP contribution in [0.5, 0.6) is 0 Å². The molecule has 0 amide bonds. The Balaban J connectivity index is 2.22. The molecule has 88 valence electrons. The van der Waals surface area contributed by atoms with Gasteiger partial charge in [-0.15, -0.1) is 0 Å². The molecule has 0 aliphatic heterocycles. The van der Waals surface area contributed by atoms with Crippen LogP contribution < -0.4 is 5.73 Å². The lowest BCUT2D eigenvalue weighted by Crippen LogP contribution is -2.28. The van der Waals surface area contributed by atoms with Gasteiger partial charge < -0.3 is 5.73 Å². The Kier molecular flexibility index (Phi) is 3.59. The summed E-state index contributed by atoms with van der Waals surface area (Å²) in [6, 6.07) is 7.02. The van der Waals surface area contributed by atoms with Crippen molar-refractivity contribution in [1.82, 2.24) is 0 Å². The van der Waals surface area contributed by atoms with E-state index in [2.05, 4.69) is 6.92 Å². The largest absolute Gasteiger partial charge is 0.330 e. The van der Waals surface area contributed by atoms with Crippen molar-refractivity contribution in [2.75, 3.05) is 6.54 Å². The van der Waals surface area contributed by atoms with Crippen molar-refractivity contribution in [2.45, 2.75) is 32.1 Å². The summed E-state index contributed by atoms with van der Waals surface area (Å²) >= 11 is 0. The second-order valence-corrected chi connectivity index (χ2v) is 5.08. The van der Waals surface area contributed by atoms with Gasteiger partial charge in [-0.25, -0.2) is 4.39 Å². The van der Waals surface area contributed by atoms with E-state index in [0.717, 1.165) is 17.9 Å². The van der Waals surface area contributed by atoms with Crippen LogP contribution in [0.4, 0.5) is 4.39 Å². The van der Waals surface area contributed by atoms with Crippen molar-refractivity contribution in [3.05, 3.63) is 35.6 Å². The molecule has 1 aliphatic carbocycles. The van der Waals surface area contributed by atoms with E-state index in [1.165, 1.54) is 18.9 Å². The molecule has 1 aromatic rings. The van der Waals surface area contributed by atoms with Gasteiger partial charge >= 0.3 is 0 Å². The zero-order valence-electron chi connectivity index (χ0n) is 9.83. The molecule has 1 nitrogen and oxygen atoms in total. The Morgan fingerprint density at radius 1 is 1.38 bits per heavy atom. The van der Waals surface area contributed by atoms with Crippen molar-refractivity contribution < 1.29 is 4.39 Å². The van der Waals surface area contributed by atoms with E-state index in [-0.39, 0.29) is 5.82 Å². The average Bonchev–Trinajstić information content (AvgIpc) is 2.29. The Morgan fingerprint density at radius 3 is 2.88 bits per heavy atom. The molecule has 2 N–H and O–H groups in total. The first kappa shape index (κ1) is 11.6. The van der Waals surface area contributed by atoms with E-state index < -0.39 is 0 Å². The maximum Gasteiger partial charge on any atom is 0.123 e. The van der Waals surface area contributed by atoms with Gasteiger partial charge in [0.1, 0.15) is 5.82 Å². The van der Waals surface area contributed by atoms with Crippen molar-refractivity contribution in [2.24, 2.45) is 17.6 Å². The molecule has 0 spiro atoms. The lowest BCUT2D eigenvalue weighted by atomic mass is 9.71. The average molecular weight is 221 g/mol. The van der Waals surface area contributed by atoms with Crippen LogP contribution in [0.3, 0.4) is 0 Å². The normalized spacial score (nSPS) is 30.3. The molecule has 1 saturated carbocycles. The smallest absolute Gasteiger partial charge is 0.123 e. The maximum absolute atomic E-state index is 13.2. The van der Waals surface area contributed by atoms with Gasteiger partial charge in [0.2, 0.25) is 0 Å². The minimum Gasteiger partial charge on any atom is -0.330 e. The number of hydrogen-bond donors (Lipinski definition) is 1. The number of nitrogens with two attached hydrogens (primary N) is 1. The van der Waals surface area contributed by atoms with Crippen molar-refractivity contribution in [3.8, 4) is 0 Å². The van der Waals surface area contributed by atoms with Gasteiger partial charge in [0.15, 0.2) is 0 Å². The molecular formula is C14H20FN. The summed E-state index contributed by atoms with van der Waals surface area (Å²) in [6.07, 6.45) is 3.58. The second-order valence-electron chi connectivity index (χ2n) is 5.08. The third-order valence-corrected chi connectivity index (χ3v) is 3.84. The highest BCUT2D eigenvalue weighted by Gasteiger charge is 2.28. The molecule has 16 heavy (non-hydrogen) atoms. The predicted octanol–water partition coefficient (Wildman–Crippen LogP) is 3.30. The Bertz CT molecular complexity index is 350. The van der Waals surface area contributed by atoms with E-state index in [0.29, 0.717) is 18.4 Å². The summed E-state index contributed by atoms with van der Waals surface area (Å²) in [5, 5.41) is 0. The molecular weight excluding hydrogens is 201 g/mol. The molecule has 0 saturated heterocycles. The van der Waals surface area contributed by atoms with Crippen LogP contribution in [0, 0.1) is 17.7 Å². The molecule has 2 rings (SSSR count). The number of rotatable bonds is 2. The van der Waals surface area contributed by atoms with Crippen LogP contribution in [0.15, 0.2) is 24.3 Å². The van der Waals surface area contributed by atoms with Crippen molar-refractivity contribution in [1.29, 1.82) is 0 Å². The number of hydrogen-bond acceptors (Lipinski definition) is 1. The standard InChI is InChI=1S/C14H20FN/c1-10-5-6-12(9-16)14(7-10)11-3-2-4-13(15)8-11/h2-4,8,10,12,14H,5-7,9,16H2,1H3. The lowest BCUT2D eigenvalue weighted by molar-refractivity contribution is 0.253. The summed E-state index contributed by atoms with van der Waals surface area (Å²) < 4.78 is 13.2. The highest BCUT2D eigenvalue weighted by atomic mass is 19.1. The summed E-state index contributed by atoms with van der Waals surface area (Å²) in [7, 11) is 0. The quantitative estimate of drug-likeness (QED) is 0.814. The van der Waals surface area contributed by atoms with Gasteiger partial charge in [0, 0.05) is 0 Å². The summed E-state index contributed by atoms with van der Waals surface area (Å²) in [5.74, 6) is 1.57. The fraction of sp³-hybridized carbons (Fsp3) is 0.571. The van der Waals surface area contributed by atoms with Crippen LogP contribution in [0.25, 0.3) is 0 Å². The SMILES string of the molecule is CC1CCC(CN)C(c2cccc(F)c2)C1. The summed E-state index contributed by atoms with van der Waals surface area (Å²) in [5.41, 5.74) is 6.95. The topological polar surface area (TPSA) is 26.0 Å². The first-order valence-corrected chi connectivity index (χ1v) is 6.16. The predicted molar refractivity (Wildman–Crippen MR) is 64.7 cm³/mol. The zero-order valence-corrected chi connectivity index (χ0v) is 9.83. The first-order valence-electron chi connectivity index (χ1n) is 6.16. The fourth-order valence-electron chi connectivity index (χ4n) is 2.87. The van der Waals surface area contributed by atoms with Crippen molar-refractivity contribution >= 4 is 0 Å². The van der Waals surface area contributed by atoms with E-state index >= 15 is 0 Å². The Labute approximate surface area is 96.9 Å². The first-order chi connectivity index (χ1) is 7.70. The Morgan fingerprint density at radius 2 is 2.19 bits per heavy atom. The monoisotopic (exact) mass is 221 g/mol. The molecule has 0 bridgehead atoms. The van der Waals surface area contributed by atoms with Gasteiger partial charge in [-0.1, -0.05) is 25.5 Å². The van der Waals surface area contributed by atoms with E-state index in [1.807, 2.05) is 6.07 Å². The van der Waals surface area contributed by atoms with Crippen LogP contribution in [0.2, 0.25) is 0 Å². The van der Waals surface area contributed by atoms with E-state index in [4.69, 9.17) is 5.73 Å². The third kappa shape index (κ3) is 2.43. The zero-order chi connectivity index (χ0) is 11.5. The van der Waals surface area contributed by atoms with E-state index in [9.17, 15) is 4.39 Å². The van der Waals surface area contributed by atoms with Gasteiger partial charge in [0.25, 0.3) is 0 Å². The summed E-state index contributed by atoms with van der Waals surface area (Å²) in [6.45, 7) is 2.99. The molecule has 0 aromatic heterocycles. The molecule has 1 fully saturated rings.